The van der Waals surface area contributed by atoms with Gasteiger partial charge in [-0.05, 0) is 26.2 Å². The molecule has 5 heteroatoms. The summed E-state index contributed by atoms with van der Waals surface area (Å²) in [6.45, 7) is 5.63. The zero-order valence-electron chi connectivity index (χ0n) is 10.6. The minimum absolute atomic E-state index is 0.194. The molecule has 5 nitrogen and oxygen atoms in total. The monoisotopic (exact) mass is 243 g/mol. The van der Waals surface area contributed by atoms with E-state index in [1.165, 1.54) is 0 Å². The molecule has 1 atom stereocenters. The topological polar surface area (TPSA) is 55.8 Å². The average molecular weight is 243 g/mol. The molecule has 0 radical (unpaired) electrons. The van der Waals surface area contributed by atoms with E-state index in [-0.39, 0.29) is 18.0 Å². The minimum Gasteiger partial charge on any atom is -0.465 e. The fraction of sp³-hybridized carbons (Fsp3) is 0.833. The lowest BCUT2D eigenvalue weighted by Crippen LogP contribution is -2.43. The summed E-state index contributed by atoms with van der Waals surface area (Å²) in [5.74, 6) is -0.388. The van der Waals surface area contributed by atoms with E-state index in [9.17, 15) is 9.59 Å². The highest BCUT2D eigenvalue weighted by Gasteiger charge is 2.29. The van der Waals surface area contributed by atoms with Crippen LogP contribution in [0.5, 0.6) is 0 Å². The molecule has 1 aliphatic heterocycles. The van der Waals surface area contributed by atoms with Crippen LogP contribution in [0.1, 0.15) is 33.1 Å². The van der Waals surface area contributed by atoms with Crippen LogP contribution < -0.4 is 0 Å². The van der Waals surface area contributed by atoms with Gasteiger partial charge in [0, 0.05) is 13.1 Å². The smallest absolute Gasteiger partial charge is 0.409 e. The molecule has 1 aliphatic rings. The van der Waals surface area contributed by atoms with Crippen molar-refractivity contribution in [3.8, 4) is 0 Å². The molecule has 1 amide bonds. The third kappa shape index (κ3) is 4.24. The van der Waals surface area contributed by atoms with E-state index in [4.69, 9.17) is 9.47 Å². The van der Waals surface area contributed by atoms with Gasteiger partial charge in [0.2, 0.25) is 0 Å². The van der Waals surface area contributed by atoms with E-state index >= 15 is 0 Å². The minimum atomic E-state index is -0.333. The van der Waals surface area contributed by atoms with E-state index in [0.717, 1.165) is 19.3 Å². The lowest BCUT2D eigenvalue weighted by molar-refractivity contribution is -0.150. The summed E-state index contributed by atoms with van der Waals surface area (Å²) in [5.41, 5.74) is 0. The third-order valence-electron chi connectivity index (χ3n) is 2.73. The van der Waals surface area contributed by atoms with Gasteiger partial charge in [-0.15, -0.1) is 0 Å². The van der Waals surface area contributed by atoms with E-state index in [1.54, 1.807) is 11.8 Å². The summed E-state index contributed by atoms with van der Waals surface area (Å²) >= 11 is 0. The zero-order chi connectivity index (χ0) is 12.7. The zero-order valence-corrected chi connectivity index (χ0v) is 10.6. The first-order chi connectivity index (χ1) is 8.19. The highest BCUT2D eigenvalue weighted by Crippen LogP contribution is 2.18. The molecule has 0 aliphatic carbocycles. The molecular formula is C12H21NO4. The predicted octanol–water partition coefficient (Wildman–Crippen LogP) is 1.81. The Labute approximate surface area is 102 Å². The maximum absolute atomic E-state index is 11.7. The van der Waals surface area contributed by atoms with E-state index < -0.39 is 0 Å². The molecular weight excluding hydrogens is 222 g/mol. The number of nitrogens with zero attached hydrogens (tertiary/aromatic N) is 1. The van der Waals surface area contributed by atoms with Crippen LogP contribution in [0, 0.1) is 5.92 Å². The Balaban J connectivity index is 2.42. The molecule has 0 bridgehead atoms. The van der Waals surface area contributed by atoms with Crippen molar-refractivity contribution in [3.63, 3.8) is 0 Å². The number of hydrogen-bond donors (Lipinski definition) is 0. The summed E-state index contributed by atoms with van der Waals surface area (Å²) in [5, 5.41) is 0. The maximum atomic E-state index is 11.7. The van der Waals surface area contributed by atoms with Crippen LogP contribution in [0.4, 0.5) is 4.79 Å². The van der Waals surface area contributed by atoms with Gasteiger partial charge >= 0.3 is 12.1 Å². The molecule has 0 spiro atoms. The van der Waals surface area contributed by atoms with Crippen molar-refractivity contribution in [1.82, 2.24) is 4.90 Å². The van der Waals surface area contributed by atoms with Crippen molar-refractivity contribution in [3.05, 3.63) is 0 Å². The second-order valence-corrected chi connectivity index (χ2v) is 4.15. The first-order valence-electron chi connectivity index (χ1n) is 6.27. The van der Waals surface area contributed by atoms with Gasteiger partial charge in [0.05, 0.1) is 19.1 Å². The second-order valence-electron chi connectivity index (χ2n) is 4.15. The van der Waals surface area contributed by atoms with Crippen LogP contribution in [0.25, 0.3) is 0 Å². The average Bonchev–Trinajstić information content (AvgIpc) is 2.36. The van der Waals surface area contributed by atoms with Crippen LogP contribution >= 0.6 is 0 Å². The Morgan fingerprint density at radius 3 is 2.71 bits per heavy atom. The Bertz CT molecular complexity index is 267. The van der Waals surface area contributed by atoms with Crippen LogP contribution in [0.3, 0.4) is 0 Å². The summed E-state index contributed by atoms with van der Waals surface area (Å²) in [6.07, 6.45) is 2.10. The first kappa shape index (κ1) is 13.8. The van der Waals surface area contributed by atoms with Gasteiger partial charge in [-0.2, -0.15) is 0 Å². The molecule has 0 aromatic rings. The van der Waals surface area contributed by atoms with E-state index in [0.29, 0.717) is 26.3 Å². The normalized spacial score (nSPS) is 19.9. The van der Waals surface area contributed by atoms with Gasteiger partial charge in [-0.25, -0.2) is 4.79 Å². The van der Waals surface area contributed by atoms with Crippen LogP contribution in [0.2, 0.25) is 0 Å². The lowest BCUT2D eigenvalue weighted by Gasteiger charge is -2.30. The molecule has 0 aromatic heterocycles. The Hall–Kier alpha value is -1.26. The summed E-state index contributed by atoms with van der Waals surface area (Å²) in [7, 11) is 0. The maximum Gasteiger partial charge on any atom is 0.409 e. The van der Waals surface area contributed by atoms with E-state index in [1.807, 2.05) is 6.92 Å². The highest BCUT2D eigenvalue weighted by molar-refractivity contribution is 5.74. The number of likely N-dealkylation sites (tertiary alicyclic amines) is 1. The first-order valence-corrected chi connectivity index (χ1v) is 6.27. The number of carbonyl (C=O) groups excluding carboxylic acids is 2. The number of rotatable bonds is 4. The number of ether oxygens (including phenoxy) is 2. The van der Waals surface area contributed by atoms with Crippen LogP contribution in [-0.4, -0.2) is 43.3 Å². The van der Waals surface area contributed by atoms with E-state index in [2.05, 4.69) is 0 Å². The Morgan fingerprint density at radius 2 is 2.06 bits per heavy atom. The van der Waals surface area contributed by atoms with Crippen LogP contribution in [0.15, 0.2) is 0 Å². The SMILES string of the molecule is CCCOC(=O)C1CCCN(C(=O)OCC)C1. The molecule has 1 unspecified atom stereocenters. The lowest BCUT2D eigenvalue weighted by atomic mass is 9.99. The van der Waals surface area contributed by atoms with Gasteiger partial charge < -0.3 is 14.4 Å². The third-order valence-corrected chi connectivity index (χ3v) is 2.73. The Kier molecular flexibility index (Phi) is 5.80. The number of hydrogen-bond acceptors (Lipinski definition) is 4. The molecule has 1 fully saturated rings. The number of piperidine rings is 1. The van der Waals surface area contributed by atoms with Gasteiger partial charge in [0.15, 0.2) is 0 Å². The van der Waals surface area contributed by atoms with Crippen molar-refractivity contribution in [1.29, 1.82) is 0 Å². The Morgan fingerprint density at radius 1 is 1.29 bits per heavy atom. The summed E-state index contributed by atoms with van der Waals surface area (Å²) < 4.78 is 10.0. The number of amides is 1. The molecule has 0 N–H and O–H groups in total. The van der Waals surface area contributed by atoms with Gasteiger partial charge in [-0.3, -0.25) is 4.79 Å². The van der Waals surface area contributed by atoms with Crippen molar-refractivity contribution >= 4 is 12.1 Å². The number of esters is 1. The molecule has 1 saturated heterocycles. The van der Waals surface area contributed by atoms with Crippen molar-refractivity contribution in [2.24, 2.45) is 5.92 Å². The molecule has 17 heavy (non-hydrogen) atoms. The highest BCUT2D eigenvalue weighted by atomic mass is 16.6. The van der Waals surface area contributed by atoms with Crippen LogP contribution in [-0.2, 0) is 14.3 Å². The van der Waals surface area contributed by atoms with Gasteiger partial charge in [0.1, 0.15) is 0 Å². The quantitative estimate of drug-likeness (QED) is 0.707. The summed E-state index contributed by atoms with van der Waals surface area (Å²) in [6, 6.07) is 0. The standard InChI is InChI=1S/C12H21NO4/c1-3-8-17-11(14)10-6-5-7-13(9-10)12(15)16-4-2/h10H,3-9H2,1-2H3. The predicted molar refractivity (Wildman–Crippen MR) is 62.6 cm³/mol. The largest absolute Gasteiger partial charge is 0.465 e. The second kappa shape index (κ2) is 7.14. The van der Waals surface area contributed by atoms with Gasteiger partial charge in [0.25, 0.3) is 0 Å². The molecule has 0 saturated carbocycles. The fourth-order valence-electron chi connectivity index (χ4n) is 1.87. The van der Waals surface area contributed by atoms with Crippen molar-refractivity contribution in [2.45, 2.75) is 33.1 Å². The molecule has 1 rings (SSSR count). The van der Waals surface area contributed by atoms with Gasteiger partial charge in [-0.1, -0.05) is 6.92 Å². The number of carbonyl (C=O) groups is 2. The molecule has 0 aromatic carbocycles. The van der Waals surface area contributed by atoms with Crippen molar-refractivity contribution in [2.75, 3.05) is 26.3 Å². The fourth-order valence-corrected chi connectivity index (χ4v) is 1.87. The summed E-state index contributed by atoms with van der Waals surface area (Å²) in [4.78, 5) is 24.8. The molecule has 1 heterocycles. The van der Waals surface area contributed by atoms with Crippen molar-refractivity contribution < 1.29 is 19.1 Å². The molecule has 98 valence electrons.